The average Bonchev–Trinajstić information content (AvgIpc) is 2.69. The Hall–Kier alpha value is -1.50. The fourth-order valence-electron chi connectivity index (χ4n) is 2.06. The van der Waals surface area contributed by atoms with Crippen molar-refractivity contribution in [2.24, 2.45) is 0 Å². The molecule has 0 aromatic heterocycles. The minimum absolute atomic E-state index is 0.161. The zero-order valence-corrected chi connectivity index (χ0v) is 10.4. The number of amides is 1. The lowest BCUT2D eigenvalue weighted by atomic mass is 10.3. The van der Waals surface area contributed by atoms with Crippen LogP contribution in [0.5, 0.6) is 0 Å². The molecule has 19 heavy (non-hydrogen) atoms. The first-order valence-electron chi connectivity index (χ1n) is 6.19. The second-order valence-electron chi connectivity index (χ2n) is 4.67. The molecule has 0 bridgehead atoms. The van der Waals surface area contributed by atoms with Crippen molar-refractivity contribution in [1.82, 2.24) is 4.90 Å². The molecule has 1 aliphatic rings. The van der Waals surface area contributed by atoms with Gasteiger partial charge in [0.2, 0.25) is 5.91 Å². The second-order valence-corrected chi connectivity index (χ2v) is 4.67. The smallest absolute Gasteiger partial charge is 0.225 e. The summed E-state index contributed by atoms with van der Waals surface area (Å²) in [5.74, 6) is -0.760. The molecule has 3 N–H and O–H groups in total. The van der Waals surface area contributed by atoms with Gasteiger partial charge in [-0.25, -0.2) is 4.39 Å². The van der Waals surface area contributed by atoms with Crippen LogP contribution < -0.4 is 5.32 Å². The molecule has 1 aliphatic heterocycles. The molecule has 0 radical (unpaired) electrons. The van der Waals surface area contributed by atoms with Crippen LogP contribution >= 0.6 is 0 Å². The first-order valence-corrected chi connectivity index (χ1v) is 6.19. The van der Waals surface area contributed by atoms with Crippen LogP contribution in [0.3, 0.4) is 0 Å². The number of β-amino-alcohol motifs (C(OH)–C–C–N with tert-alkyl or cyclic N) is 2. The van der Waals surface area contributed by atoms with Crippen LogP contribution in [-0.2, 0) is 4.79 Å². The predicted octanol–water partition coefficient (Wildman–Crippen LogP) is 0.192. The molecule has 0 spiro atoms. The number of carbonyl (C=O) groups excluding carboxylic acids is 1. The number of carbonyl (C=O) groups is 1. The van der Waals surface area contributed by atoms with Gasteiger partial charge in [0, 0.05) is 26.1 Å². The number of likely N-dealkylation sites (tertiary alicyclic amines) is 1. The largest absolute Gasteiger partial charge is 0.389 e. The third kappa shape index (κ3) is 3.73. The van der Waals surface area contributed by atoms with Crippen molar-refractivity contribution >= 4 is 11.6 Å². The maximum absolute atomic E-state index is 13.3. The summed E-state index contributed by atoms with van der Waals surface area (Å²) in [5, 5.41) is 21.2. The highest BCUT2D eigenvalue weighted by Crippen LogP contribution is 2.13. The monoisotopic (exact) mass is 268 g/mol. The van der Waals surface area contributed by atoms with Crippen molar-refractivity contribution in [3.05, 3.63) is 30.1 Å². The Balaban J connectivity index is 1.78. The van der Waals surface area contributed by atoms with Gasteiger partial charge in [-0.05, 0) is 12.1 Å². The van der Waals surface area contributed by atoms with Crippen LogP contribution in [0.15, 0.2) is 24.3 Å². The van der Waals surface area contributed by atoms with E-state index in [1.807, 2.05) is 0 Å². The van der Waals surface area contributed by atoms with E-state index in [0.717, 1.165) is 0 Å². The minimum atomic E-state index is -0.755. The number of aliphatic hydroxyl groups is 2. The van der Waals surface area contributed by atoms with Gasteiger partial charge in [-0.15, -0.1) is 0 Å². The van der Waals surface area contributed by atoms with Gasteiger partial charge in [0.15, 0.2) is 0 Å². The maximum atomic E-state index is 13.3. The number of nitrogens with one attached hydrogen (secondary N) is 1. The van der Waals surface area contributed by atoms with E-state index in [1.165, 1.54) is 12.1 Å². The van der Waals surface area contributed by atoms with Crippen LogP contribution in [0.2, 0.25) is 0 Å². The van der Waals surface area contributed by atoms with E-state index in [-0.39, 0.29) is 18.0 Å². The predicted molar refractivity (Wildman–Crippen MR) is 68.1 cm³/mol. The van der Waals surface area contributed by atoms with Gasteiger partial charge < -0.3 is 15.5 Å². The number of anilines is 1. The Morgan fingerprint density at radius 1 is 1.32 bits per heavy atom. The van der Waals surface area contributed by atoms with E-state index in [0.29, 0.717) is 19.6 Å². The molecule has 104 valence electrons. The van der Waals surface area contributed by atoms with E-state index in [1.54, 1.807) is 17.0 Å². The summed E-state index contributed by atoms with van der Waals surface area (Å²) in [7, 11) is 0. The summed E-state index contributed by atoms with van der Waals surface area (Å²) in [4.78, 5) is 13.5. The van der Waals surface area contributed by atoms with Crippen molar-refractivity contribution in [1.29, 1.82) is 0 Å². The summed E-state index contributed by atoms with van der Waals surface area (Å²) in [5.41, 5.74) is 0.161. The number of aliphatic hydroxyl groups excluding tert-OH is 2. The topological polar surface area (TPSA) is 72.8 Å². The highest BCUT2D eigenvalue weighted by atomic mass is 19.1. The molecular weight excluding hydrogens is 251 g/mol. The van der Waals surface area contributed by atoms with Crippen LogP contribution in [0.25, 0.3) is 0 Å². The summed E-state index contributed by atoms with van der Waals surface area (Å²) in [6, 6.07) is 5.98. The summed E-state index contributed by atoms with van der Waals surface area (Å²) in [6.45, 7) is 1.14. The van der Waals surface area contributed by atoms with E-state index < -0.39 is 18.0 Å². The Morgan fingerprint density at radius 3 is 2.58 bits per heavy atom. The van der Waals surface area contributed by atoms with Crippen molar-refractivity contribution in [3.8, 4) is 0 Å². The Morgan fingerprint density at radius 2 is 1.95 bits per heavy atom. The number of halogens is 1. The number of benzene rings is 1. The molecular formula is C13H17FN2O3. The number of para-hydroxylation sites is 1. The van der Waals surface area contributed by atoms with Gasteiger partial charge in [-0.3, -0.25) is 9.69 Å². The van der Waals surface area contributed by atoms with E-state index in [4.69, 9.17) is 0 Å². The number of nitrogens with zero attached hydrogens (tertiary/aromatic N) is 1. The first-order chi connectivity index (χ1) is 9.06. The fraction of sp³-hybridized carbons (Fsp3) is 0.462. The molecule has 0 saturated carbocycles. The van der Waals surface area contributed by atoms with Crippen LogP contribution in [0, 0.1) is 5.82 Å². The quantitative estimate of drug-likeness (QED) is 0.729. The van der Waals surface area contributed by atoms with Crippen molar-refractivity contribution in [3.63, 3.8) is 0 Å². The molecule has 1 fully saturated rings. The van der Waals surface area contributed by atoms with E-state index in [9.17, 15) is 19.4 Å². The lowest BCUT2D eigenvalue weighted by molar-refractivity contribution is -0.116. The van der Waals surface area contributed by atoms with Crippen molar-refractivity contribution in [2.75, 3.05) is 25.0 Å². The van der Waals surface area contributed by atoms with Gasteiger partial charge in [0.25, 0.3) is 0 Å². The zero-order chi connectivity index (χ0) is 13.8. The summed E-state index contributed by atoms with van der Waals surface area (Å²) >= 11 is 0. The highest BCUT2D eigenvalue weighted by molar-refractivity contribution is 5.90. The molecule has 1 heterocycles. The summed E-state index contributed by atoms with van der Waals surface area (Å²) in [6.07, 6.45) is -1.32. The molecule has 2 rings (SSSR count). The standard InChI is InChI=1S/C13H17FN2O3/c14-9-3-1-2-4-10(9)15-13(19)5-6-16-7-11(17)12(18)8-16/h1-4,11-12,17-18H,5-8H2,(H,15,19). The summed E-state index contributed by atoms with van der Waals surface area (Å²) < 4.78 is 13.3. The molecule has 0 aliphatic carbocycles. The van der Waals surface area contributed by atoms with Crippen molar-refractivity contribution in [2.45, 2.75) is 18.6 Å². The lowest BCUT2D eigenvalue weighted by Crippen LogP contribution is -2.27. The van der Waals surface area contributed by atoms with Crippen LogP contribution in [0.1, 0.15) is 6.42 Å². The van der Waals surface area contributed by atoms with Crippen molar-refractivity contribution < 1.29 is 19.4 Å². The molecule has 2 unspecified atom stereocenters. The van der Waals surface area contributed by atoms with Gasteiger partial charge in [0.1, 0.15) is 5.82 Å². The van der Waals surface area contributed by atoms with Gasteiger partial charge in [0.05, 0.1) is 17.9 Å². The van der Waals surface area contributed by atoms with Crippen LogP contribution in [0.4, 0.5) is 10.1 Å². The fourth-order valence-corrected chi connectivity index (χ4v) is 2.06. The van der Waals surface area contributed by atoms with E-state index in [2.05, 4.69) is 5.32 Å². The number of rotatable bonds is 4. The normalized spacial score (nSPS) is 23.5. The highest BCUT2D eigenvalue weighted by Gasteiger charge is 2.29. The Bertz CT molecular complexity index is 445. The van der Waals surface area contributed by atoms with Gasteiger partial charge >= 0.3 is 0 Å². The molecule has 6 heteroatoms. The number of hydrogen-bond donors (Lipinski definition) is 3. The van der Waals surface area contributed by atoms with Gasteiger partial charge in [-0.1, -0.05) is 12.1 Å². The van der Waals surface area contributed by atoms with Gasteiger partial charge in [-0.2, -0.15) is 0 Å². The third-order valence-electron chi connectivity index (χ3n) is 3.14. The third-order valence-corrected chi connectivity index (χ3v) is 3.14. The van der Waals surface area contributed by atoms with Crippen LogP contribution in [-0.4, -0.2) is 52.9 Å². The van der Waals surface area contributed by atoms with E-state index >= 15 is 0 Å². The first kappa shape index (κ1) is 13.9. The molecule has 1 saturated heterocycles. The average molecular weight is 268 g/mol. The molecule has 5 nitrogen and oxygen atoms in total. The number of hydrogen-bond acceptors (Lipinski definition) is 4. The molecule has 2 atom stereocenters. The second kappa shape index (κ2) is 6.10. The molecule has 1 amide bonds. The minimum Gasteiger partial charge on any atom is -0.389 e. The Labute approximate surface area is 110 Å². The Kier molecular flexibility index (Phi) is 4.47. The molecule has 1 aromatic carbocycles. The zero-order valence-electron chi connectivity index (χ0n) is 10.4. The SMILES string of the molecule is O=C(CCN1CC(O)C(O)C1)Nc1ccccc1F. The lowest BCUT2D eigenvalue weighted by Gasteiger charge is -2.14. The maximum Gasteiger partial charge on any atom is 0.225 e. The molecule has 1 aromatic rings.